The Bertz CT molecular complexity index is 142. The summed E-state index contributed by atoms with van der Waals surface area (Å²) in [7, 11) is 0. The fraction of sp³-hybridized carbons (Fsp3) is 0.778. The molecule has 0 aromatic carbocycles. The molecule has 0 aromatic rings. The Morgan fingerprint density at radius 2 is 2.36 bits per heavy atom. The number of hydrogen-bond acceptors (Lipinski definition) is 2. The van der Waals surface area contributed by atoms with E-state index in [0.29, 0.717) is 12.0 Å². The van der Waals surface area contributed by atoms with E-state index in [-0.39, 0.29) is 6.61 Å². The average molecular weight is 155 g/mol. The van der Waals surface area contributed by atoms with Crippen molar-refractivity contribution < 1.29 is 5.11 Å². The molecule has 11 heavy (non-hydrogen) atoms. The van der Waals surface area contributed by atoms with E-state index in [1.54, 1.807) is 0 Å². The molecule has 1 atom stereocenters. The van der Waals surface area contributed by atoms with Crippen LogP contribution in [-0.2, 0) is 0 Å². The zero-order valence-electron chi connectivity index (χ0n) is 7.33. The van der Waals surface area contributed by atoms with Crippen molar-refractivity contribution >= 4 is 0 Å². The minimum absolute atomic E-state index is 0.278. The van der Waals surface area contributed by atoms with Gasteiger partial charge in [-0.2, -0.15) is 0 Å². The standard InChI is InChI=1S/C9H17NO/c1-8(2)6-10-5-3-4-9(10)7-11/h3,5,8-9,11H,4,6-7H2,1-2H3/t9-/m0/s1. The second-order valence-electron chi connectivity index (χ2n) is 3.55. The first-order valence-corrected chi connectivity index (χ1v) is 4.27. The SMILES string of the molecule is CC(C)CN1C=CC[C@H]1CO. The van der Waals surface area contributed by atoms with E-state index < -0.39 is 0 Å². The second kappa shape index (κ2) is 3.77. The van der Waals surface area contributed by atoms with Crippen molar-refractivity contribution in [2.75, 3.05) is 13.2 Å². The van der Waals surface area contributed by atoms with E-state index in [1.165, 1.54) is 0 Å². The summed E-state index contributed by atoms with van der Waals surface area (Å²) in [6.45, 7) is 5.72. The molecule has 1 heterocycles. The maximum absolute atomic E-state index is 8.97. The highest BCUT2D eigenvalue weighted by atomic mass is 16.3. The predicted molar refractivity (Wildman–Crippen MR) is 46.2 cm³/mol. The fourth-order valence-electron chi connectivity index (χ4n) is 1.42. The molecule has 0 saturated carbocycles. The van der Waals surface area contributed by atoms with E-state index in [2.05, 4.69) is 31.0 Å². The van der Waals surface area contributed by atoms with Gasteiger partial charge in [0, 0.05) is 6.54 Å². The maximum Gasteiger partial charge on any atom is 0.0637 e. The lowest BCUT2D eigenvalue weighted by molar-refractivity contribution is 0.167. The van der Waals surface area contributed by atoms with Crippen LogP contribution in [0.15, 0.2) is 12.3 Å². The van der Waals surface area contributed by atoms with Crippen molar-refractivity contribution in [1.29, 1.82) is 0 Å². The van der Waals surface area contributed by atoms with Crippen molar-refractivity contribution in [3.05, 3.63) is 12.3 Å². The molecular weight excluding hydrogens is 138 g/mol. The van der Waals surface area contributed by atoms with Crippen molar-refractivity contribution in [3.63, 3.8) is 0 Å². The van der Waals surface area contributed by atoms with Gasteiger partial charge in [-0.1, -0.05) is 19.9 Å². The third-order valence-corrected chi connectivity index (χ3v) is 1.96. The molecule has 64 valence electrons. The molecular formula is C9H17NO. The van der Waals surface area contributed by atoms with Crippen LogP contribution in [0.25, 0.3) is 0 Å². The summed E-state index contributed by atoms with van der Waals surface area (Å²) in [4.78, 5) is 2.23. The van der Waals surface area contributed by atoms with Crippen LogP contribution in [0.5, 0.6) is 0 Å². The Balaban J connectivity index is 2.37. The van der Waals surface area contributed by atoms with Crippen LogP contribution in [0, 0.1) is 5.92 Å². The number of rotatable bonds is 3. The van der Waals surface area contributed by atoms with Crippen LogP contribution < -0.4 is 0 Å². The van der Waals surface area contributed by atoms with Crippen LogP contribution >= 0.6 is 0 Å². The lowest BCUT2D eigenvalue weighted by atomic mass is 10.2. The van der Waals surface area contributed by atoms with Crippen LogP contribution in [-0.4, -0.2) is 29.2 Å². The van der Waals surface area contributed by atoms with Crippen molar-refractivity contribution in [2.45, 2.75) is 26.3 Å². The van der Waals surface area contributed by atoms with E-state index in [0.717, 1.165) is 13.0 Å². The molecule has 0 aromatic heterocycles. The number of hydrogen-bond donors (Lipinski definition) is 1. The minimum atomic E-state index is 0.278. The largest absolute Gasteiger partial charge is 0.394 e. The maximum atomic E-state index is 8.97. The topological polar surface area (TPSA) is 23.5 Å². The van der Waals surface area contributed by atoms with Gasteiger partial charge < -0.3 is 10.0 Å². The fourth-order valence-corrected chi connectivity index (χ4v) is 1.42. The summed E-state index contributed by atoms with van der Waals surface area (Å²) in [5.74, 6) is 0.673. The van der Waals surface area contributed by atoms with Gasteiger partial charge in [0.1, 0.15) is 0 Å². The Kier molecular flexibility index (Phi) is 2.94. The molecule has 1 aliphatic heterocycles. The summed E-state index contributed by atoms with van der Waals surface area (Å²) in [6, 6.07) is 0.345. The van der Waals surface area contributed by atoms with Gasteiger partial charge in [0.15, 0.2) is 0 Å². The Hall–Kier alpha value is -0.500. The summed E-state index contributed by atoms with van der Waals surface area (Å²) in [6.07, 6.45) is 5.23. The molecule has 0 radical (unpaired) electrons. The zero-order chi connectivity index (χ0) is 8.27. The highest BCUT2D eigenvalue weighted by Gasteiger charge is 2.17. The van der Waals surface area contributed by atoms with Crippen LogP contribution in [0.2, 0.25) is 0 Å². The highest BCUT2D eigenvalue weighted by molar-refractivity contribution is 4.97. The van der Waals surface area contributed by atoms with Gasteiger partial charge in [-0.15, -0.1) is 0 Å². The molecule has 1 N–H and O–H groups in total. The van der Waals surface area contributed by atoms with Gasteiger partial charge in [0.05, 0.1) is 12.6 Å². The molecule has 0 unspecified atom stereocenters. The first-order valence-electron chi connectivity index (χ1n) is 4.27. The van der Waals surface area contributed by atoms with E-state index in [9.17, 15) is 0 Å². The van der Waals surface area contributed by atoms with Crippen LogP contribution in [0.4, 0.5) is 0 Å². The lowest BCUT2D eigenvalue weighted by Gasteiger charge is -2.25. The highest BCUT2D eigenvalue weighted by Crippen LogP contribution is 2.15. The zero-order valence-corrected chi connectivity index (χ0v) is 7.33. The summed E-state index contributed by atoms with van der Waals surface area (Å²) >= 11 is 0. The van der Waals surface area contributed by atoms with Gasteiger partial charge in [0.2, 0.25) is 0 Å². The average Bonchev–Trinajstić information content (AvgIpc) is 2.34. The smallest absolute Gasteiger partial charge is 0.0637 e. The van der Waals surface area contributed by atoms with Gasteiger partial charge in [-0.3, -0.25) is 0 Å². The molecule has 0 spiro atoms. The molecule has 1 aliphatic rings. The van der Waals surface area contributed by atoms with Crippen molar-refractivity contribution in [1.82, 2.24) is 4.90 Å². The number of nitrogens with zero attached hydrogens (tertiary/aromatic N) is 1. The van der Waals surface area contributed by atoms with Crippen molar-refractivity contribution in [3.8, 4) is 0 Å². The minimum Gasteiger partial charge on any atom is -0.394 e. The molecule has 2 heteroatoms. The molecule has 0 saturated heterocycles. The van der Waals surface area contributed by atoms with Crippen molar-refractivity contribution in [2.24, 2.45) is 5.92 Å². The van der Waals surface area contributed by atoms with Gasteiger partial charge in [0.25, 0.3) is 0 Å². The number of aliphatic hydroxyl groups is 1. The number of aliphatic hydroxyl groups excluding tert-OH is 1. The molecule has 0 amide bonds. The van der Waals surface area contributed by atoms with E-state index in [4.69, 9.17) is 5.11 Å². The van der Waals surface area contributed by atoms with Gasteiger partial charge >= 0.3 is 0 Å². The van der Waals surface area contributed by atoms with E-state index >= 15 is 0 Å². The first-order chi connectivity index (χ1) is 5.24. The third-order valence-electron chi connectivity index (χ3n) is 1.96. The molecule has 0 bridgehead atoms. The van der Waals surface area contributed by atoms with Gasteiger partial charge in [-0.05, 0) is 18.5 Å². The normalized spacial score (nSPS) is 23.6. The Morgan fingerprint density at radius 1 is 1.64 bits per heavy atom. The van der Waals surface area contributed by atoms with Gasteiger partial charge in [-0.25, -0.2) is 0 Å². The molecule has 0 fully saturated rings. The monoisotopic (exact) mass is 155 g/mol. The van der Waals surface area contributed by atoms with Crippen LogP contribution in [0.1, 0.15) is 20.3 Å². The molecule has 1 rings (SSSR count). The molecule has 2 nitrogen and oxygen atoms in total. The summed E-state index contributed by atoms with van der Waals surface area (Å²) < 4.78 is 0. The Morgan fingerprint density at radius 3 is 2.91 bits per heavy atom. The summed E-state index contributed by atoms with van der Waals surface area (Å²) in [5.41, 5.74) is 0. The lowest BCUT2D eigenvalue weighted by Crippen LogP contribution is -2.32. The quantitative estimate of drug-likeness (QED) is 0.662. The van der Waals surface area contributed by atoms with E-state index in [1.807, 2.05) is 0 Å². The molecule has 0 aliphatic carbocycles. The Labute approximate surface area is 68.5 Å². The second-order valence-corrected chi connectivity index (χ2v) is 3.55. The van der Waals surface area contributed by atoms with Crippen LogP contribution in [0.3, 0.4) is 0 Å². The predicted octanol–water partition coefficient (Wildman–Crippen LogP) is 1.22. The third kappa shape index (κ3) is 2.22. The summed E-state index contributed by atoms with van der Waals surface area (Å²) in [5, 5.41) is 8.97. The first kappa shape index (κ1) is 8.60.